The molecule has 264 valence electrons. The van der Waals surface area contributed by atoms with Crippen LogP contribution < -0.4 is 52.6 Å². The fourth-order valence-corrected chi connectivity index (χ4v) is 15.5. The van der Waals surface area contributed by atoms with Gasteiger partial charge in [0.05, 0.1) is 0 Å². The van der Waals surface area contributed by atoms with Gasteiger partial charge in [-0.05, 0) is 103 Å². The highest BCUT2D eigenvalue weighted by atomic mass is 31.2. The average Bonchev–Trinajstić information content (AvgIpc) is 3.25. The summed E-state index contributed by atoms with van der Waals surface area (Å²) in [4.78, 5) is 8.33. The lowest BCUT2D eigenvalue weighted by Crippen LogP contribution is -2.38. The van der Waals surface area contributed by atoms with Gasteiger partial charge in [0.15, 0.2) is 0 Å². The maximum atomic E-state index is 8.33. The number of carbonyl (C=O) groups excluding carboxylic acids is 1. The molecule has 0 aromatic heterocycles. The molecule has 0 saturated carbocycles. The lowest BCUT2D eigenvalue weighted by atomic mass is 10.3. The molecule has 0 unspecified atom stereocenters. The molecule has 3 nitrogen and oxygen atoms in total. The van der Waals surface area contributed by atoms with E-state index < -0.39 is 20.7 Å². The Morgan fingerprint density at radius 3 is 0.426 bits per heavy atom. The van der Waals surface area contributed by atoms with Crippen molar-refractivity contribution < 1.29 is 15.0 Å². The Kier molecular flexibility index (Phi) is 13.0. The van der Waals surface area contributed by atoms with Crippen molar-refractivity contribution in [2.45, 2.75) is 0 Å². The molecule has 8 rings (SSSR count). The van der Waals surface area contributed by atoms with Crippen LogP contribution in [0.1, 0.15) is 0 Å². The summed E-state index contributed by atoms with van der Waals surface area (Å²) in [6.07, 6.45) is -2.33. The van der Waals surface area contributed by atoms with Crippen LogP contribution in [-0.2, 0) is 0 Å². The highest BCUT2D eigenvalue weighted by Crippen LogP contribution is 2.55. The summed E-state index contributed by atoms with van der Waals surface area (Å²) in [6.45, 7) is 0. The second-order valence-corrected chi connectivity index (χ2v) is 19.1. The van der Waals surface area contributed by atoms with E-state index in [-0.39, 0.29) is 0 Å². The topological polar surface area (TPSA) is 63.2 Å². The van der Waals surface area contributed by atoms with Crippen molar-refractivity contribution in [2.75, 3.05) is 0 Å². The summed E-state index contributed by atoms with van der Waals surface area (Å²) in [5.74, 6) is 0. The molecule has 0 aliphatic carbocycles. The minimum atomic E-state index is -2.33. The summed E-state index contributed by atoms with van der Waals surface area (Å²) in [5, 5.41) is 27.8. The van der Waals surface area contributed by atoms with E-state index in [0.29, 0.717) is 0 Å². The molecule has 54 heavy (non-hydrogen) atoms. The van der Waals surface area contributed by atoms with E-state index in [0.717, 1.165) is 0 Å². The van der Waals surface area contributed by atoms with Crippen LogP contribution in [-0.4, -0.2) is 6.16 Å². The van der Waals surface area contributed by atoms with Crippen LogP contribution in [0.3, 0.4) is 0 Å². The van der Waals surface area contributed by atoms with Crippen LogP contribution in [0.2, 0.25) is 0 Å². The summed E-state index contributed by atoms with van der Waals surface area (Å²) >= 11 is 0. The maximum Gasteiger partial charge on any atom is 0.144 e. The van der Waals surface area contributed by atoms with Gasteiger partial charge in [-0.15, -0.1) is 0 Å². The summed E-state index contributed by atoms with van der Waals surface area (Å²) in [6, 6.07) is 87.7. The lowest BCUT2D eigenvalue weighted by molar-refractivity contribution is -0.415. The predicted molar refractivity (Wildman–Crippen MR) is 228 cm³/mol. The van der Waals surface area contributed by atoms with E-state index in [4.69, 9.17) is 15.0 Å². The van der Waals surface area contributed by atoms with Gasteiger partial charge in [0, 0.05) is 0 Å². The Morgan fingerprint density at radius 2 is 0.333 bits per heavy atom. The van der Waals surface area contributed by atoms with Crippen LogP contribution in [0.15, 0.2) is 243 Å². The Hall–Kier alpha value is -6.11. The summed E-state index contributed by atoms with van der Waals surface area (Å²) < 4.78 is 0. The SMILES string of the molecule is O=C([O-])[O-].c1ccc([P+](c2ccccc2)(c2ccccc2)c2ccccc2)cc1.c1ccc([P+](c2ccccc2)(c2ccccc2)c2ccccc2)cc1. The van der Waals surface area contributed by atoms with E-state index in [2.05, 4.69) is 243 Å². The second-order valence-electron chi connectivity index (χ2n) is 12.3. The molecular formula is C49H40O3P2. The van der Waals surface area contributed by atoms with Crippen LogP contribution in [0, 0.1) is 0 Å². The molecule has 0 N–H and O–H groups in total. The number of hydrogen-bond acceptors (Lipinski definition) is 3. The zero-order valence-electron chi connectivity index (χ0n) is 29.7. The predicted octanol–water partition coefficient (Wildman–Crippen LogP) is 6.17. The van der Waals surface area contributed by atoms with Crippen LogP contribution in [0.4, 0.5) is 4.79 Å². The average molecular weight is 739 g/mol. The minimum absolute atomic E-state index is 1.39. The number of carboxylic acid groups (broad SMARTS) is 2. The molecule has 0 spiro atoms. The van der Waals surface area contributed by atoms with E-state index >= 15 is 0 Å². The third-order valence-electron chi connectivity index (χ3n) is 9.15. The van der Waals surface area contributed by atoms with Gasteiger partial charge in [-0.25, -0.2) is 0 Å². The lowest BCUT2D eigenvalue weighted by Gasteiger charge is -2.27. The molecule has 8 aromatic rings. The first-order chi connectivity index (χ1) is 26.6. The fourth-order valence-electron chi connectivity index (χ4n) is 7.00. The molecule has 0 saturated heterocycles. The molecule has 0 radical (unpaired) electrons. The van der Waals surface area contributed by atoms with Gasteiger partial charge in [-0.1, -0.05) is 146 Å². The zero-order valence-corrected chi connectivity index (χ0v) is 31.5. The van der Waals surface area contributed by atoms with Gasteiger partial charge in [-0.2, -0.15) is 0 Å². The highest BCUT2D eigenvalue weighted by Gasteiger charge is 2.48. The zero-order chi connectivity index (χ0) is 37.5. The molecule has 0 bridgehead atoms. The van der Waals surface area contributed by atoms with E-state index in [1.807, 2.05) is 0 Å². The number of rotatable bonds is 8. The molecule has 5 heteroatoms. The van der Waals surface area contributed by atoms with E-state index in [1.54, 1.807) is 0 Å². The Morgan fingerprint density at radius 1 is 0.241 bits per heavy atom. The highest BCUT2D eigenvalue weighted by molar-refractivity contribution is 8.02. The number of carbonyl (C=O) groups is 1. The fraction of sp³-hybridized carbons (Fsp3) is 0. The summed E-state index contributed by atoms with van der Waals surface area (Å²) in [5.41, 5.74) is 0. The van der Waals surface area contributed by atoms with Crippen molar-refractivity contribution in [2.24, 2.45) is 0 Å². The van der Waals surface area contributed by atoms with Gasteiger partial charge in [0.2, 0.25) is 0 Å². The van der Waals surface area contributed by atoms with Crippen molar-refractivity contribution >= 4 is 63.1 Å². The largest absolute Gasteiger partial charge is 0.652 e. The van der Waals surface area contributed by atoms with Crippen LogP contribution in [0.25, 0.3) is 0 Å². The molecule has 8 aromatic carbocycles. The van der Waals surface area contributed by atoms with Gasteiger partial charge >= 0.3 is 0 Å². The Labute approximate surface area is 319 Å². The molecule has 0 atom stereocenters. The molecule has 0 aliphatic rings. The van der Waals surface area contributed by atoms with Gasteiger partial charge in [-0.3, -0.25) is 0 Å². The van der Waals surface area contributed by atoms with Crippen LogP contribution in [0.5, 0.6) is 0 Å². The second kappa shape index (κ2) is 18.6. The molecule has 0 aliphatic heterocycles. The quantitative estimate of drug-likeness (QED) is 0.176. The number of benzene rings is 8. The van der Waals surface area contributed by atoms with Crippen molar-refractivity contribution in [3.8, 4) is 0 Å². The normalized spacial score (nSPS) is 10.8. The van der Waals surface area contributed by atoms with Crippen molar-refractivity contribution in [1.29, 1.82) is 0 Å². The molecular weight excluding hydrogens is 698 g/mol. The third kappa shape index (κ3) is 8.25. The standard InChI is InChI=1S/2C24H20P.CH2O3/c2*1-5-13-21(14-6-1)25(22-15-7-2-8-16-22,23-17-9-3-10-18-23)24-19-11-4-12-20-24;2-1(3)4/h2*1-20H;(H2,2,3,4)/q2*+1;/p-2. The van der Waals surface area contributed by atoms with Crippen molar-refractivity contribution in [3.63, 3.8) is 0 Å². The molecule has 0 heterocycles. The van der Waals surface area contributed by atoms with Gasteiger partial charge < -0.3 is 15.0 Å². The first kappa shape index (κ1) is 37.6. The van der Waals surface area contributed by atoms with Crippen molar-refractivity contribution in [3.05, 3.63) is 243 Å². The van der Waals surface area contributed by atoms with Crippen LogP contribution >= 0.6 is 14.5 Å². The van der Waals surface area contributed by atoms with Gasteiger partial charge in [0.1, 0.15) is 57.0 Å². The summed E-state index contributed by atoms with van der Waals surface area (Å²) in [7, 11) is -3.81. The number of hydrogen-bond donors (Lipinski definition) is 0. The smallest absolute Gasteiger partial charge is 0.144 e. The molecule has 0 amide bonds. The Bertz CT molecular complexity index is 1780. The van der Waals surface area contributed by atoms with Gasteiger partial charge in [0.25, 0.3) is 0 Å². The first-order valence-electron chi connectivity index (χ1n) is 17.7. The monoisotopic (exact) mass is 738 g/mol. The third-order valence-corrected chi connectivity index (χ3v) is 17.7. The first-order valence-corrected chi connectivity index (χ1v) is 21.3. The van der Waals surface area contributed by atoms with E-state index in [1.165, 1.54) is 42.4 Å². The van der Waals surface area contributed by atoms with E-state index in [9.17, 15) is 0 Å². The minimum Gasteiger partial charge on any atom is -0.652 e. The Balaban J connectivity index is 0.000000168. The maximum absolute atomic E-state index is 8.33. The van der Waals surface area contributed by atoms with Crippen molar-refractivity contribution in [1.82, 2.24) is 0 Å². The molecule has 0 fully saturated rings.